The Hall–Kier alpha value is -2.63. The number of nitrogens with one attached hydrogen (secondary N) is 1. The number of nitrogens with two attached hydrogens (primary N) is 1. The van der Waals surface area contributed by atoms with Crippen LogP contribution in [0, 0.1) is 5.41 Å². The van der Waals surface area contributed by atoms with Crippen LogP contribution in [0.15, 0.2) is 30.5 Å². The van der Waals surface area contributed by atoms with Crippen LogP contribution >= 0.6 is 0 Å². The topological polar surface area (TPSA) is 94.1 Å². The molecule has 0 fully saturated rings. The lowest BCUT2D eigenvalue weighted by Crippen LogP contribution is -2.13. The Morgan fingerprint density at radius 1 is 1.21 bits per heavy atom. The highest BCUT2D eigenvalue weighted by atomic mass is 16.5. The Morgan fingerprint density at radius 3 is 2.63 bits per heavy atom. The molecule has 6 heteroatoms. The zero-order valence-corrected chi connectivity index (χ0v) is 10.7. The minimum Gasteiger partial charge on any atom is -0.481 e. The summed E-state index contributed by atoms with van der Waals surface area (Å²) in [5, 5.41) is 7.58. The molecular weight excluding hydrogens is 244 g/mol. The van der Waals surface area contributed by atoms with Gasteiger partial charge in [0.2, 0.25) is 11.8 Å². The molecule has 0 saturated heterocycles. The number of rotatable bonds is 4. The molecule has 2 aromatic heterocycles. The maximum absolute atomic E-state index is 7.58. The molecule has 0 aromatic carbocycles. The van der Waals surface area contributed by atoms with Crippen LogP contribution in [0.5, 0.6) is 11.8 Å². The van der Waals surface area contributed by atoms with Gasteiger partial charge in [0, 0.05) is 17.8 Å². The Labute approximate surface area is 110 Å². The van der Waals surface area contributed by atoms with Crippen LogP contribution in [0.3, 0.4) is 0 Å². The molecule has 0 bridgehead atoms. The van der Waals surface area contributed by atoms with E-state index in [0.29, 0.717) is 28.6 Å². The second-order valence-corrected chi connectivity index (χ2v) is 3.72. The zero-order valence-electron chi connectivity index (χ0n) is 10.7. The predicted octanol–water partition coefficient (Wildman–Crippen LogP) is 1.44. The van der Waals surface area contributed by atoms with E-state index in [4.69, 9.17) is 20.6 Å². The van der Waals surface area contributed by atoms with Crippen LogP contribution in [-0.2, 0) is 0 Å². The smallest absolute Gasteiger partial charge is 0.226 e. The average Bonchev–Trinajstić information content (AvgIpc) is 2.46. The van der Waals surface area contributed by atoms with Gasteiger partial charge in [-0.2, -0.15) is 4.98 Å². The lowest BCUT2D eigenvalue weighted by Gasteiger charge is -2.11. The third-order valence-electron chi connectivity index (χ3n) is 2.59. The Balaban J connectivity index is 2.62. The van der Waals surface area contributed by atoms with Crippen LogP contribution in [0.25, 0.3) is 11.3 Å². The molecule has 0 unspecified atom stereocenters. The number of aromatic nitrogens is 2. The van der Waals surface area contributed by atoms with Gasteiger partial charge in [0.05, 0.1) is 25.5 Å². The first-order chi connectivity index (χ1) is 9.17. The van der Waals surface area contributed by atoms with Gasteiger partial charge in [-0.25, -0.2) is 0 Å². The van der Waals surface area contributed by atoms with Crippen molar-refractivity contribution in [2.75, 3.05) is 14.2 Å². The van der Waals surface area contributed by atoms with E-state index in [0.717, 1.165) is 0 Å². The normalized spacial score (nSPS) is 10.0. The van der Waals surface area contributed by atoms with Crippen molar-refractivity contribution in [3.05, 3.63) is 36.0 Å². The fourth-order valence-corrected chi connectivity index (χ4v) is 1.71. The summed E-state index contributed by atoms with van der Waals surface area (Å²) in [5.41, 5.74) is 7.31. The Morgan fingerprint density at radius 2 is 2.00 bits per heavy atom. The van der Waals surface area contributed by atoms with Crippen molar-refractivity contribution in [2.45, 2.75) is 0 Å². The highest BCUT2D eigenvalue weighted by Crippen LogP contribution is 2.30. The first-order valence-corrected chi connectivity index (χ1v) is 5.56. The quantitative estimate of drug-likeness (QED) is 0.639. The van der Waals surface area contributed by atoms with Crippen molar-refractivity contribution in [3.63, 3.8) is 0 Å². The molecule has 0 amide bonds. The molecule has 0 aliphatic rings. The molecule has 6 nitrogen and oxygen atoms in total. The lowest BCUT2D eigenvalue weighted by molar-refractivity contribution is 0.366. The number of amidine groups is 1. The highest BCUT2D eigenvalue weighted by Gasteiger charge is 2.15. The molecule has 3 N–H and O–H groups in total. The number of hydrogen-bond acceptors (Lipinski definition) is 5. The van der Waals surface area contributed by atoms with Gasteiger partial charge in [0.15, 0.2) is 0 Å². The van der Waals surface area contributed by atoms with Crippen molar-refractivity contribution in [1.82, 2.24) is 9.97 Å². The summed E-state index contributed by atoms with van der Waals surface area (Å²) in [4.78, 5) is 8.44. The fraction of sp³-hybridized carbons (Fsp3) is 0.154. The van der Waals surface area contributed by atoms with E-state index in [-0.39, 0.29) is 5.84 Å². The van der Waals surface area contributed by atoms with E-state index in [1.54, 1.807) is 30.5 Å². The SMILES string of the molecule is COc1ccc(-c2ncccc2C(=N)N)c(OC)n1. The van der Waals surface area contributed by atoms with Gasteiger partial charge in [0.1, 0.15) is 5.84 Å². The standard InChI is InChI=1S/C13H14N4O2/c1-18-10-6-5-9(13(17-10)19-2)11-8(12(14)15)4-3-7-16-11/h3-7H,1-2H3,(H3,14,15). The third-order valence-corrected chi connectivity index (χ3v) is 2.59. The maximum atomic E-state index is 7.58. The van der Waals surface area contributed by atoms with E-state index in [9.17, 15) is 0 Å². The fourth-order valence-electron chi connectivity index (χ4n) is 1.71. The molecule has 0 radical (unpaired) electrons. The molecular formula is C13H14N4O2. The van der Waals surface area contributed by atoms with Crippen LogP contribution in [0.2, 0.25) is 0 Å². The first kappa shape index (κ1) is 12.8. The number of methoxy groups -OCH3 is 2. The van der Waals surface area contributed by atoms with Gasteiger partial charge < -0.3 is 15.2 Å². The Bertz CT molecular complexity index is 613. The predicted molar refractivity (Wildman–Crippen MR) is 71.6 cm³/mol. The summed E-state index contributed by atoms with van der Waals surface area (Å²) >= 11 is 0. The van der Waals surface area contributed by atoms with Gasteiger partial charge in [-0.3, -0.25) is 10.4 Å². The lowest BCUT2D eigenvalue weighted by atomic mass is 10.1. The summed E-state index contributed by atoms with van der Waals surface area (Å²) in [5.74, 6) is 0.766. The molecule has 0 aliphatic carbocycles. The minimum absolute atomic E-state index is 0.0547. The second-order valence-electron chi connectivity index (χ2n) is 3.72. The molecule has 0 saturated carbocycles. The van der Waals surface area contributed by atoms with Crippen molar-refractivity contribution in [3.8, 4) is 23.0 Å². The summed E-state index contributed by atoms with van der Waals surface area (Å²) < 4.78 is 10.3. The molecule has 98 valence electrons. The number of nitrogens with zero attached hydrogens (tertiary/aromatic N) is 2. The molecule has 2 heterocycles. The molecule has 0 aliphatic heterocycles. The second kappa shape index (κ2) is 5.34. The number of hydrogen-bond donors (Lipinski definition) is 2. The van der Waals surface area contributed by atoms with E-state index in [1.807, 2.05) is 0 Å². The molecule has 0 atom stereocenters. The number of ether oxygens (including phenoxy) is 2. The summed E-state index contributed by atoms with van der Waals surface area (Å²) in [6.07, 6.45) is 1.63. The van der Waals surface area contributed by atoms with Gasteiger partial charge in [-0.15, -0.1) is 0 Å². The summed E-state index contributed by atoms with van der Waals surface area (Å²) in [6.45, 7) is 0. The first-order valence-electron chi connectivity index (χ1n) is 5.56. The van der Waals surface area contributed by atoms with Crippen LogP contribution in [-0.4, -0.2) is 30.0 Å². The van der Waals surface area contributed by atoms with Crippen LogP contribution in [0.1, 0.15) is 5.56 Å². The van der Waals surface area contributed by atoms with E-state index in [1.165, 1.54) is 14.2 Å². The molecule has 19 heavy (non-hydrogen) atoms. The number of pyridine rings is 2. The van der Waals surface area contributed by atoms with Gasteiger partial charge in [0.25, 0.3) is 0 Å². The van der Waals surface area contributed by atoms with E-state index >= 15 is 0 Å². The maximum Gasteiger partial charge on any atom is 0.226 e. The van der Waals surface area contributed by atoms with Crippen molar-refractivity contribution < 1.29 is 9.47 Å². The van der Waals surface area contributed by atoms with E-state index < -0.39 is 0 Å². The Kier molecular flexibility index (Phi) is 3.61. The average molecular weight is 258 g/mol. The van der Waals surface area contributed by atoms with Crippen molar-refractivity contribution >= 4 is 5.84 Å². The summed E-state index contributed by atoms with van der Waals surface area (Å²) in [6, 6.07) is 6.94. The summed E-state index contributed by atoms with van der Waals surface area (Å²) in [7, 11) is 3.05. The van der Waals surface area contributed by atoms with Gasteiger partial charge in [-0.1, -0.05) is 0 Å². The van der Waals surface area contributed by atoms with E-state index in [2.05, 4.69) is 9.97 Å². The van der Waals surface area contributed by atoms with Crippen molar-refractivity contribution in [2.24, 2.45) is 5.73 Å². The monoisotopic (exact) mass is 258 g/mol. The van der Waals surface area contributed by atoms with Crippen LogP contribution in [0.4, 0.5) is 0 Å². The zero-order chi connectivity index (χ0) is 13.8. The third kappa shape index (κ3) is 2.47. The van der Waals surface area contributed by atoms with Gasteiger partial charge >= 0.3 is 0 Å². The minimum atomic E-state index is -0.0547. The van der Waals surface area contributed by atoms with Crippen molar-refractivity contribution in [1.29, 1.82) is 5.41 Å². The largest absolute Gasteiger partial charge is 0.481 e. The number of nitrogen functional groups attached to an aromatic ring is 1. The van der Waals surface area contributed by atoms with Crippen LogP contribution < -0.4 is 15.2 Å². The molecule has 2 rings (SSSR count). The van der Waals surface area contributed by atoms with Gasteiger partial charge in [-0.05, 0) is 18.2 Å². The molecule has 0 spiro atoms. The molecule has 2 aromatic rings. The highest BCUT2D eigenvalue weighted by molar-refractivity contribution is 6.00.